The van der Waals surface area contributed by atoms with E-state index in [1.165, 1.54) is 0 Å². The molecule has 1 N–H and O–H groups in total. The van der Waals surface area contributed by atoms with Crippen molar-refractivity contribution < 1.29 is 9.32 Å². The summed E-state index contributed by atoms with van der Waals surface area (Å²) in [7, 11) is 0. The average Bonchev–Trinajstić information content (AvgIpc) is 3.08. The lowest BCUT2D eigenvalue weighted by atomic mass is 10.0. The fourth-order valence-corrected chi connectivity index (χ4v) is 2.58. The molecule has 2 aromatic heterocycles. The van der Waals surface area contributed by atoms with Gasteiger partial charge in [0.05, 0.1) is 6.20 Å². The molecule has 0 radical (unpaired) electrons. The third-order valence-electron chi connectivity index (χ3n) is 3.60. The molecule has 1 fully saturated rings. The number of aromatic nitrogens is 3. The maximum Gasteiger partial charge on any atom is 0.276 e. The Balaban J connectivity index is 1.72. The van der Waals surface area contributed by atoms with Gasteiger partial charge in [-0.05, 0) is 25.8 Å². The number of hydrogen-bond acceptors (Lipinski definition) is 4. The molecule has 100 valence electrons. The van der Waals surface area contributed by atoms with Crippen LogP contribution in [0.4, 0.5) is 0 Å². The number of nitrogens with one attached hydrogen (secondary N) is 1. The fraction of sp³-hybridized carbons (Fsp3) is 0.462. The summed E-state index contributed by atoms with van der Waals surface area (Å²) < 4.78 is 4.95. The predicted molar refractivity (Wildman–Crippen MR) is 67.8 cm³/mol. The summed E-state index contributed by atoms with van der Waals surface area (Å²) in [6.07, 6.45) is 2.77. The molecule has 0 saturated carbocycles. The molecule has 2 aromatic rings. The van der Waals surface area contributed by atoms with Crippen LogP contribution in [-0.2, 0) is 0 Å². The number of carbonyl (C=O) groups excluding carboxylic acids is 1. The number of aromatic amines is 1. The number of hydrogen-bond donors (Lipinski definition) is 1. The van der Waals surface area contributed by atoms with E-state index in [1.54, 1.807) is 13.0 Å². The molecular formula is C13H16N4O2. The normalized spacial score (nSPS) is 19.1. The molecule has 6 nitrogen and oxygen atoms in total. The van der Waals surface area contributed by atoms with E-state index in [9.17, 15) is 4.79 Å². The minimum absolute atomic E-state index is 0.0588. The van der Waals surface area contributed by atoms with Crippen LogP contribution >= 0.6 is 0 Å². The SMILES string of the molecule is Cc1cc(C(=O)N2CC[C@@H](c3[nH]ncc3C)C2)no1. The van der Waals surface area contributed by atoms with Crippen LogP contribution in [0.1, 0.15) is 39.8 Å². The Morgan fingerprint density at radius 3 is 3.00 bits per heavy atom. The van der Waals surface area contributed by atoms with E-state index in [-0.39, 0.29) is 5.91 Å². The number of nitrogens with zero attached hydrogens (tertiary/aromatic N) is 3. The number of H-pyrrole nitrogens is 1. The molecule has 0 aromatic carbocycles. The lowest BCUT2D eigenvalue weighted by Gasteiger charge is -2.14. The predicted octanol–water partition coefficient (Wildman–Crippen LogP) is 1.64. The van der Waals surface area contributed by atoms with Gasteiger partial charge in [0.15, 0.2) is 5.69 Å². The summed E-state index contributed by atoms with van der Waals surface area (Å²) >= 11 is 0. The van der Waals surface area contributed by atoms with Gasteiger partial charge in [-0.3, -0.25) is 9.89 Å². The molecule has 1 amide bonds. The summed E-state index contributed by atoms with van der Waals surface area (Å²) in [6.45, 7) is 5.26. The van der Waals surface area contributed by atoms with Gasteiger partial charge < -0.3 is 9.42 Å². The first-order chi connectivity index (χ1) is 9.15. The Morgan fingerprint density at radius 1 is 1.53 bits per heavy atom. The van der Waals surface area contributed by atoms with Crippen LogP contribution in [-0.4, -0.2) is 39.3 Å². The van der Waals surface area contributed by atoms with Crippen LogP contribution in [0.5, 0.6) is 0 Å². The minimum atomic E-state index is -0.0588. The number of aryl methyl sites for hydroxylation is 2. The lowest BCUT2D eigenvalue weighted by Crippen LogP contribution is -2.28. The summed E-state index contributed by atoms with van der Waals surface area (Å²) in [4.78, 5) is 14.1. The maximum absolute atomic E-state index is 12.2. The monoisotopic (exact) mass is 260 g/mol. The number of likely N-dealkylation sites (tertiary alicyclic amines) is 1. The standard InChI is InChI=1S/C13H16N4O2/c1-8-6-14-15-12(8)10-3-4-17(7-10)13(18)11-5-9(2)19-16-11/h5-6,10H,3-4,7H2,1-2H3,(H,14,15)/t10-/m1/s1. The zero-order valence-electron chi connectivity index (χ0n) is 11.0. The van der Waals surface area contributed by atoms with Gasteiger partial charge >= 0.3 is 0 Å². The summed E-state index contributed by atoms with van der Waals surface area (Å²) in [5.74, 6) is 0.930. The van der Waals surface area contributed by atoms with Gasteiger partial charge in [0, 0.05) is 30.8 Å². The van der Waals surface area contributed by atoms with E-state index in [4.69, 9.17) is 4.52 Å². The van der Waals surface area contributed by atoms with Crippen molar-refractivity contribution in [1.29, 1.82) is 0 Å². The zero-order chi connectivity index (χ0) is 13.4. The molecule has 3 rings (SSSR count). The van der Waals surface area contributed by atoms with E-state index in [0.29, 0.717) is 23.9 Å². The molecule has 3 heterocycles. The fourth-order valence-electron chi connectivity index (χ4n) is 2.58. The smallest absolute Gasteiger partial charge is 0.276 e. The van der Waals surface area contributed by atoms with Gasteiger partial charge in [0.2, 0.25) is 0 Å². The van der Waals surface area contributed by atoms with Crippen molar-refractivity contribution in [2.75, 3.05) is 13.1 Å². The molecule has 0 spiro atoms. The van der Waals surface area contributed by atoms with Gasteiger partial charge in [-0.2, -0.15) is 5.10 Å². The van der Waals surface area contributed by atoms with Crippen molar-refractivity contribution in [3.05, 3.63) is 35.0 Å². The Bertz CT molecular complexity index is 601. The summed E-state index contributed by atoms with van der Waals surface area (Å²) in [5.41, 5.74) is 2.67. The van der Waals surface area contributed by atoms with Crippen LogP contribution < -0.4 is 0 Å². The third kappa shape index (κ3) is 2.14. The molecule has 0 unspecified atom stereocenters. The second-order valence-electron chi connectivity index (χ2n) is 5.03. The van der Waals surface area contributed by atoms with Gasteiger partial charge in [-0.1, -0.05) is 5.16 Å². The van der Waals surface area contributed by atoms with Gasteiger partial charge in [0.25, 0.3) is 5.91 Å². The number of rotatable bonds is 2. The number of amides is 1. The molecule has 0 aliphatic carbocycles. The molecule has 1 aliphatic rings. The van der Waals surface area contributed by atoms with E-state index in [0.717, 1.165) is 24.2 Å². The van der Waals surface area contributed by atoms with Gasteiger partial charge in [-0.15, -0.1) is 0 Å². The molecular weight excluding hydrogens is 244 g/mol. The number of carbonyl (C=O) groups is 1. The van der Waals surface area contributed by atoms with Crippen molar-refractivity contribution in [1.82, 2.24) is 20.3 Å². The third-order valence-corrected chi connectivity index (χ3v) is 3.60. The molecule has 1 atom stereocenters. The van der Waals surface area contributed by atoms with Crippen molar-refractivity contribution in [2.45, 2.75) is 26.2 Å². The van der Waals surface area contributed by atoms with Gasteiger partial charge in [0.1, 0.15) is 5.76 Å². The van der Waals surface area contributed by atoms with Crippen molar-refractivity contribution in [2.24, 2.45) is 0 Å². The summed E-state index contributed by atoms with van der Waals surface area (Å²) in [5, 5.41) is 10.8. The van der Waals surface area contributed by atoms with Crippen LogP contribution in [0.25, 0.3) is 0 Å². The van der Waals surface area contributed by atoms with Crippen LogP contribution in [0.15, 0.2) is 16.8 Å². The Hall–Kier alpha value is -2.11. The van der Waals surface area contributed by atoms with Crippen LogP contribution in [0.2, 0.25) is 0 Å². The highest BCUT2D eigenvalue weighted by molar-refractivity contribution is 5.92. The minimum Gasteiger partial charge on any atom is -0.361 e. The van der Waals surface area contributed by atoms with E-state index >= 15 is 0 Å². The largest absolute Gasteiger partial charge is 0.361 e. The van der Waals surface area contributed by atoms with Crippen molar-refractivity contribution in [3.8, 4) is 0 Å². The summed E-state index contributed by atoms with van der Waals surface area (Å²) in [6, 6.07) is 1.68. The first-order valence-electron chi connectivity index (χ1n) is 6.37. The average molecular weight is 260 g/mol. The van der Waals surface area contributed by atoms with E-state index < -0.39 is 0 Å². The van der Waals surface area contributed by atoms with E-state index in [1.807, 2.05) is 18.0 Å². The highest BCUT2D eigenvalue weighted by atomic mass is 16.5. The van der Waals surface area contributed by atoms with Crippen LogP contribution in [0.3, 0.4) is 0 Å². The maximum atomic E-state index is 12.2. The van der Waals surface area contributed by atoms with Crippen molar-refractivity contribution in [3.63, 3.8) is 0 Å². The lowest BCUT2D eigenvalue weighted by molar-refractivity contribution is 0.0780. The highest BCUT2D eigenvalue weighted by Gasteiger charge is 2.30. The molecule has 6 heteroatoms. The van der Waals surface area contributed by atoms with Crippen molar-refractivity contribution >= 4 is 5.91 Å². The Kier molecular flexibility index (Phi) is 2.85. The van der Waals surface area contributed by atoms with Crippen LogP contribution in [0, 0.1) is 13.8 Å². The van der Waals surface area contributed by atoms with Gasteiger partial charge in [-0.25, -0.2) is 0 Å². The molecule has 19 heavy (non-hydrogen) atoms. The Morgan fingerprint density at radius 2 is 2.37 bits per heavy atom. The Labute approximate surface area is 110 Å². The quantitative estimate of drug-likeness (QED) is 0.890. The highest BCUT2D eigenvalue weighted by Crippen LogP contribution is 2.28. The first-order valence-corrected chi connectivity index (χ1v) is 6.37. The topological polar surface area (TPSA) is 75.0 Å². The van der Waals surface area contributed by atoms with E-state index in [2.05, 4.69) is 15.4 Å². The molecule has 1 saturated heterocycles. The first kappa shape index (κ1) is 12.0. The zero-order valence-corrected chi connectivity index (χ0v) is 11.0. The second-order valence-corrected chi connectivity index (χ2v) is 5.03. The molecule has 0 bridgehead atoms. The molecule has 1 aliphatic heterocycles. The second kappa shape index (κ2) is 4.53.